The van der Waals surface area contributed by atoms with Gasteiger partial charge in [0.05, 0.1) is 17.4 Å². The molecule has 0 amide bonds. The number of nitriles is 1. The molecule has 4 heteroatoms. The van der Waals surface area contributed by atoms with Crippen LogP contribution >= 0.6 is 0 Å². The molecule has 0 radical (unpaired) electrons. The number of fused-ring (bicyclic) bond motifs is 5. The number of hydrogen-bond acceptors (Lipinski definition) is 3. The Hall–Kier alpha value is -1.34. The van der Waals surface area contributed by atoms with Gasteiger partial charge < -0.3 is 5.11 Å². The van der Waals surface area contributed by atoms with Crippen LogP contribution in [0.3, 0.4) is 0 Å². The van der Waals surface area contributed by atoms with Crippen LogP contribution in [0.15, 0.2) is 12.4 Å². The van der Waals surface area contributed by atoms with E-state index < -0.39 is 5.60 Å². The first-order valence-electron chi connectivity index (χ1n) is 13.0. The molecule has 5 rings (SSSR count). The fraction of sp³-hybridized carbons (Fsp3) is 0.852. The maximum atomic E-state index is 10.6. The summed E-state index contributed by atoms with van der Waals surface area (Å²) in [5, 5.41) is 24.2. The molecule has 0 bridgehead atoms. The largest absolute Gasteiger partial charge is 0.390 e. The van der Waals surface area contributed by atoms with Crippen LogP contribution in [0.5, 0.6) is 0 Å². The minimum Gasteiger partial charge on any atom is -0.390 e. The molecule has 170 valence electrons. The van der Waals surface area contributed by atoms with Crippen molar-refractivity contribution < 1.29 is 5.11 Å². The molecular formula is C27H41N3O. The molecule has 0 aromatic carbocycles. The lowest BCUT2D eigenvalue weighted by molar-refractivity contribution is -0.134. The van der Waals surface area contributed by atoms with Gasteiger partial charge in [-0.1, -0.05) is 20.3 Å². The predicted octanol–water partition coefficient (Wildman–Crippen LogP) is 5.80. The number of nitrogens with zero attached hydrogens (tertiary/aromatic N) is 3. The Balaban J connectivity index is 1.32. The molecule has 31 heavy (non-hydrogen) atoms. The lowest BCUT2D eigenvalue weighted by atomic mass is 9.44. The highest BCUT2D eigenvalue weighted by Gasteiger charge is 2.56. The molecule has 4 saturated carbocycles. The van der Waals surface area contributed by atoms with Crippen molar-refractivity contribution in [3.05, 3.63) is 18.0 Å². The third-order valence-electron chi connectivity index (χ3n) is 10.5. The topological polar surface area (TPSA) is 61.8 Å². The third kappa shape index (κ3) is 3.75. The van der Waals surface area contributed by atoms with Gasteiger partial charge in [-0.2, -0.15) is 10.4 Å². The van der Waals surface area contributed by atoms with Crippen molar-refractivity contribution in [2.75, 3.05) is 0 Å². The van der Waals surface area contributed by atoms with Crippen LogP contribution < -0.4 is 0 Å². The maximum Gasteiger partial charge on any atom is 0.102 e. The van der Waals surface area contributed by atoms with E-state index in [0.717, 1.165) is 54.9 Å². The molecule has 1 heterocycles. The molecule has 1 N–H and O–H groups in total. The fourth-order valence-electron chi connectivity index (χ4n) is 9.20. The molecule has 1 aromatic rings. The fourth-order valence-corrected chi connectivity index (χ4v) is 9.20. The van der Waals surface area contributed by atoms with Gasteiger partial charge in [-0.3, -0.25) is 4.68 Å². The first kappa shape index (κ1) is 21.5. The third-order valence-corrected chi connectivity index (χ3v) is 10.5. The highest BCUT2D eigenvalue weighted by molar-refractivity contribution is 5.21. The minimum absolute atomic E-state index is 0.416. The molecule has 0 spiro atoms. The normalized spacial score (nSPS) is 45.6. The summed E-state index contributed by atoms with van der Waals surface area (Å²) in [6, 6.07) is 2.21. The van der Waals surface area contributed by atoms with Gasteiger partial charge in [-0.15, -0.1) is 0 Å². The maximum absolute atomic E-state index is 10.6. The van der Waals surface area contributed by atoms with Crippen LogP contribution in [0.25, 0.3) is 0 Å². The van der Waals surface area contributed by atoms with Crippen LogP contribution in [0.1, 0.15) is 90.5 Å². The first-order chi connectivity index (χ1) is 14.8. The van der Waals surface area contributed by atoms with Gasteiger partial charge in [0.1, 0.15) is 6.07 Å². The Morgan fingerprint density at radius 2 is 1.94 bits per heavy atom. The van der Waals surface area contributed by atoms with E-state index in [2.05, 4.69) is 31.9 Å². The second-order valence-electron chi connectivity index (χ2n) is 12.3. The second kappa shape index (κ2) is 7.91. The first-order valence-corrected chi connectivity index (χ1v) is 13.0. The summed E-state index contributed by atoms with van der Waals surface area (Å²) in [7, 11) is 0. The summed E-state index contributed by atoms with van der Waals surface area (Å²) in [6.07, 6.45) is 16.6. The van der Waals surface area contributed by atoms with Crippen molar-refractivity contribution >= 4 is 0 Å². The average Bonchev–Trinajstić information content (AvgIpc) is 3.19. The predicted molar refractivity (Wildman–Crippen MR) is 122 cm³/mol. The Morgan fingerprint density at radius 1 is 1.13 bits per heavy atom. The van der Waals surface area contributed by atoms with E-state index in [4.69, 9.17) is 5.26 Å². The van der Waals surface area contributed by atoms with Crippen LogP contribution in [-0.4, -0.2) is 20.5 Å². The van der Waals surface area contributed by atoms with Crippen LogP contribution in [-0.2, 0) is 6.54 Å². The Labute approximate surface area is 188 Å². The van der Waals surface area contributed by atoms with Crippen molar-refractivity contribution in [1.29, 1.82) is 5.26 Å². The molecule has 4 nitrogen and oxygen atoms in total. The Bertz CT molecular complexity index is 838. The number of hydrogen-bond donors (Lipinski definition) is 1. The van der Waals surface area contributed by atoms with Crippen molar-refractivity contribution in [3.63, 3.8) is 0 Å². The van der Waals surface area contributed by atoms with Crippen LogP contribution in [0.4, 0.5) is 0 Å². The Kier molecular flexibility index (Phi) is 5.48. The molecule has 1 aromatic heterocycles. The number of rotatable bonds is 3. The zero-order valence-electron chi connectivity index (χ0n) is 19.8. The zero-order chi connectivity index (χ0) is 21.8. The van der Waals surface area contributed by atoms with Gasteiger partial charge in [-0.05, 0) is 112 Å². The monoisotopic (exact) mass is 423 g/mol. The molecule has 0 aliphatic heterocycles. The highest BCUT2D eigenvalue weighted by Crippen LogP contribution is 2.64. The average molecular weight is 424 g/mol. The van der Waals surface area contributed by atoms with Crippen molar-refractivity contribution in [3.8, 4) is 6.07 Å². The summed E-state index contributed by atoms with van der Waals surface area (Å²) in [4.78, 5) is 0. The summed E-state index contributed by atoms with van der Waals surface area (Å²) in [6.45, 7) is 8.07. The van der Waals surface area contributed by atoms with Gasteiger partial charge in [0.2, 0.25) is 0 Å². The number of aliphatic hydroxyl groups is 1. The molecule has 4 aliphatic rings. The van der Waals surface area contributed by atoms with Gasteiger partial charge in [0.15, 0.2) is 0 Å². The van der Waals surface area contributed by atoms with Crippen molar-refractivity contribution in [2.45, 2.75) is 97.1 Å². The standard InChI is InChI=1S/C27H41N3O/c1-18(16-30-17-19(14-28)15-29-30)24-5-4-6-25-23-8-7-20-13-26(2,31)11-9-21(20)22(23)10-12-27(24,25)3/h15,17-18,20-25,31H,4-13,16H2,1-3H3/t18-,20+,21-,22+,23+,24+,25-,26+,27+/m0/s1. The molecule has 9 atom stereocenters. The van der Waals surface area contributed by atoms with Crippen molar-refractivity contribution in [2.24, 2.45) is 46.8 Å². The van der Waals surface area contributed by atoms with E-state index in [0.29, 0.717) is 16.9 Å². The van der Waals surface area contributed by atoms with Crippen LogP contribution in [0.2, 0.25) is 0 Å². The summed E-state index contributed by atoms with van der Waals surface area (Å²) < 4.78 is 2.00. The van der Waals surface area contributed by atoms with Crippen LogP contribution in [0, 0.1) is 58.2 Å². The number of aromatic nitrogens is 2. The Morgan fingerprint density at radius 3 is 2.71 bits per heavy atom. The highest BCUT2D eigenvalue weighted by atomic mass is 16.3. The molecular weight excluding hydrogens is 382 g/mol. The smallest absolute Gasteiger partial charge is 0.102 e. The van der Waals surface area contributed by atoms with Gasteiger partial charge in [0, 0.05) is 12.7 Å². The van der Waals surface area contributed by atoms with E-state index in [-0.39, 0.29) is 0 Å². The van der Waals surface area contributed by atoms with E-state index >= 15 is 0 Å². The van der Waals surface area contributed by atoms with Gasteiger partial charge in [0.25, 0.3) is 0 Å². The van der Waals surface area contributed by atoms with Crippen molar-refractivity contribution in [1.82, 2.24) is 9.78 Å². The molecule has 4 fully saturated rings. The SMILES string of the molecule is C[C@@H](Cn1cc(C#N)cn1)[C@H]1CCC[C@H]2[C@@H]3CC[C@@H]4C[C@](C)(O)CC[C@@H]4[C@H]3CC[C@]12C. The molecule has 0 unspecified atom stereocenters. The molecule has 4 aliphatic carbocycles. The molecule has 0 saturated heterocycles. The summed E-state index contributed by atoms with van der Waals surface area (Å²) in [5.74, 6) is 5.68. The minimum atomic E-state index is -0.416. The summed E-state index contributed by atoms with van der Waals surface area (Å²) >= 11 is 0. The zero-order valence-corrected chi connectivity index (χ0v) is 19.8. The van der Waals surface area contributed by atoms with E-state index in [1.807, 2.05) is 10.9 Å². The second-order valence-corrected chi connectivity index (χ2v) is 12.3. The summed E-state index contributed by atoms with van der Waals surface area (Å²) in [5.41, 5.74) is 0.709. The lowest BCUT2D eigenvalue weighted by Gasteiger charge is -2.61. The van der Waals surface area contributed by atoms with E-state index in [1.54, 1.807) is 6.20 Å². The van der Waals surface area contributed by atoms with Gasteiger partial charge in [-0.25, -0.2) is 0 Å². The van der Waals surface area contributed by atoms with E-state index in [9.17, 15) is 5.11 Å². The van der Waals surface area contributed by atoms with E-state index in [1.165, 1.54) is 51.4 Å². The van der Waals surface area contributed by atoms with Gasteiger partial charge >= 0.3 is 0 Å². The quantitative estimate of drug-likeness (QED) is 0.668. The lowest BCUT2D eigenvalue weighted by Crippen LogP contribution is -2.54.